The van der Waals surface area contributed by atoms with Crippen molar-refractivity contribution in [2.75, 3.05) is 11.5 Å². The second kappa shape index (κ2) is 6.83. The van der Waals surface area contributed by atoms with E-state index in [1.54, 1.807) is 6.92 Å². The Hall–Kier alpha value is -1.44. The Morgan fingerprint density at radius 1 is 1.45 bits per heavy atom. The molecule has 0 radical (unpaired) electrons. The number of carbonyl (C=O) groups excluding carboxylic acids is 2. The first-order chi connectivity index (χ1) is 9.32. The van der Waals surface area contributed by atoms with E-state index in [9.17, 15) is 19.5 Å². The fraction of sp³-hybridized carbons (Fsp3) is 0.750. The largest absolute Gasteiger partial charge is 0.479 e. The number of aliphatic carboxylic acids is 1. The van der Waals surface area contributed by atoms with Crippen molar-refractivity contribution in [3.8, 4) is 0 Å². The number of nitrogens with two attached hydrogens (primary N) is 1. The van der Waals surface area contributed by atoms with E-state index in [0.29, 0.717) is 24.3 Å². The molecule has 0 aromatic rings. The van der Waals surface area contributed by atoms with Crippen LogP contribution < -0.4 is 16.4 Å². The molecule has 1 aliphatic rings. The summed E-state index contributed by atoms with van der Waals surface area (Å²) in [6.45, 7) is 3.68. The number of nitrogens with one attached hydrogen (secondary N) is 2. The number of carbonyl (C=O) groups is 3. The van der Waals surface area contributed by atoms with Crippen molar-refractivity contribution in [2.45, 2.75) is 38.3 Å². The molecule has 1 rings (SSSR count). The van der Waals surface area contributed by atoms with E-state index in [1.807, 2.05) is 6.92 Å². The highest BCUT2D eigenvalue weighted by atomic mass is 32.2. The molecule has 0 spiro atoms. The van der Waals surface area contributed by atoms with E-state index >= 15 is 0 Å². The summed E-state index contributed by atoms with van der Waals surface area (Å²) in [6.07, 6.45) is 1.04. The third-order valence-electron chi connectivity index (χ3n) is 3.59. The fourth-order valence-electron chi connectivity index (χ4n) is 2.05. The van der Waals surface area contributed by atoms with Crippen LogP contribution in [0.2, 0.25) is 0 Å². The quantitative estimate of drug-likeness (QED) is 0.556. The Balaban J connectivity index is 2.84. The van der Waals surface area contributed by atoms with Gasteiger partial charge in [-0.3, -0.25) is 4.79 Å². The molecule has 1 fully saturated rings. The van der Waals surface area contributed by atoms with Crippen molar-refractivity contribution >= 4 is 29.7 Å². The minimum atomic E-state index is -1.24. The SMILES string of the molecule is CCC(C)C(NC(N)=O)C(=O)NC1(C(=O)O)CCSC1. The van der Waals surface area contributed by atoms with Gasteiger partial charge in [0.1, 0.15) is 11.6 Å². The van der Waals surface area contributed by atoms with Gasteiger partial charge in [0.15, 0.2) is 0 Å². The number of amides is 3. The number of carboxylic acids is 1. The zero-order chi connectivity index (χ0) is 15.3. The molecule has 0 bridgehead atoms. The predicted octanol–water partition coefficient (Wildman–Crippen LogP) is 0.146. The van der Waals surface area contributed by atoms with Crippen molar-refractivity contribution in [3.05, 3.63) is 0 Å². The number of thioether (sulfide) groups is 1. The van der Waals surface area contributed by atoms with E-state index in [2.05, 4.69) is 10.6 Å². The zero-order valence-corrected chi connectivity index (χ0v) is 12.5. The van der Waals surface area contributed by atoms with Crippen LogP contribution in [0, 0.1) is 5.92 Å². The molecule has 3 unspecified atom stereocenters. The summed E-state index contributed by atoms with van der Waals surface area (Å²) < 4.78 is 0. The Morgan fingerprint density at radius 2 is 2.10 bits per heavy atom. The topological polar surface area (TPSA) is 122 Å². The van der Waals surface area contributed by atoms with E-state index in [4.69, 9.17) is 5.73 Å². The summed E-state index contributed by atoms with van der Waals surface area (Å²) in [5, 5.41) is 14.3. The maximum atomic E-state index is 12.3. The number of primary amides is 1. The highest BCUT2D eigenvalue weighted by Gasteiger charge is 2.44. The molecule has 3 amide bonds. The third-order valence-corrected chi connectivity index (χ3v) is 4.78. The maximum absolute atomic E-state index is 12.3. The molecule has 0 aliphatic carbocycles. The lowest BCUT2D eigenvalue weighted by Gasteiger charge is -2.29. The molecule has 1 heterocycles. The van der Waals surface area contributed by atoms with Gasteiger partial charge in [-0.25, -0.2) is 9.59 Å². The van der Waals surface area contributed by atoms with Gasteiger partial charge in [0, 0.05) is 5.75 Å². The van der Waals surface area contributed by atoms with Crippen molar-refractivity contribution in [1.29, 1.82) is 0 Å². The minimum absolute atomic E-state index is 0.137. The monoisotopic (exact) mass is 303 g/mol. The van der Waals surface area contributed by atoms with Crippen LogP contribution >= 0.6 is 11.8 Å². The predicted molar refractivity (Wildman–Crippen MR) is 76.4 cm³/mol. The first-order valence-electron chi connectivity index (χ1n) is 6.51. The highest BCUT2D eigenvalue weighted by Crippen LogP contribution is 2.28. The lowest BCUT2D eigenvalue weighted by Crippen LogP contribution is -2.61. The molecule has 5 N–H and O–H groups in total. The van der Waals surface area contributed by atoms with Gasteiger partial charge in [0.2, 0.25) is 5.91 Å². The Kier molecular flexibility index (Phi) is 5.67. The normalized spacial score (nSPS) is 24.7. The van der Waals surface area contributed by atoms with Crippen LogP contribution in [-0.4, -0.2) is 46.1 Å². The van der Waals surface area contributed by atoms with E-state index in [0.717, 1.165) is 0 Å². The van der Waals surface area contributed by atoms with Gasteiger partial charge in [-0.15, -0.1) is 0 Å². The van der Waals surface area contributed by atoms with E-state index in [1.165, 1.54) is 11.8 Å². The molecule has 7 nitrogen and oxygen atoms in total. The third kappa shape index (κ3) is 3.78. The number of carboxylic acid groups (broad SMARTS) is 1. The first-order valence-corrected chi connectivity index (χ1v) is 7.67. The molecule has 0 aromatic carbocycles. The summed E-state index contributed by atoms with van der Waals surface area (Å²) in [4.78, 5) is 34.7. The van der Waals surface area contributed by atoms with Crippen molar-refractivity contribution < 1.29 is 19.5 Å². The van der Waals surface area contributed by atoms with Crippen LogP contribution in [0.15, 0.2) is 0 Å². The fourth-order valence-corrected chi connectivity index (χ4v) is 3.38. The minimum Gasteiger partial charge on any atom is -0.479 e. The Morgan fingerprint density at radius 3 is 2.50 bits per heavy atom. The lowest BCUT2D eigenvalue weighted by atomic mass is 9.94. The molecule has 0 aromatic heterocycles. The molecule has 20 heavy (non-hydrogen) atoms. The molecule has 8 heteroatoms. The summed E-state index contributed by atoms with van der Waals surface area (Å²) >= 11 is 1.48. The molecule has 1 aliphatic heterocycles. The van der Waals surface area contributed by atoms with Gasteiger partial charge >= 0.3 is 12.0 Å². The van der Waals surface area contributed by atoms with Gasteiger partial charge in [-0.2, -0.15) is 11.8 Å². The second-order valence-corrected chi connectivity index (χ2v) is 6.16. The average molecular weight is 303 g/mol. The van der Waals surface area contributed by atoms with Crippen LogP contribution in [-0.2, 0) is 9.59 Å². The van der Waals surface area contributed by atoms with E-state index in [-0.39, 0.29) is 5.92 Å². The number of rotatable bonds is 6. The first kappa shape index (κ1) is 16.6. The van der Waals surface area contributed by atoms with Gasteiger partial charge < -0.3 is 21.5 Å². The number of hydrogen-bond acceptors (Lipinski definition) is 4. The summed E-state index contributed by atoms with van der Waals surface area (Å²) in [5.74, 6) is -0.662. The second-order valence-electron chi connectivity index (χ2n) is 5.05. The molecule has 3 atom stereocenters. The van der Waals surface area contributed by atoms with Gasteiger partial charge in [0.05, 0.1) is 0 Å². The Labute approximate surface area is 122 Å². The standard InChI is InChI=1S/C12H21N3O4S/c1-3-7(2)8(14-11(13)19)9(16)15-12(10(17)18)4-5-20-6-12/h7-8H,3-6H2,1-2H3,(H,15,16)(H,17,18)(H3,13,14,19). The number of hydrogen-bond donors (Lipinski definition) is 4. The summed E-state index contributed by atoms with van der Waals surface area (Å²) in [5.41, 5.74) is 3.83. The van der Waals surface area contributed by atoms with Crippen LogP contribution in [0.1, 0.15) is 26.7 Å². The van der Waals surface area contributed by atoms with Gasteiger partial charge in [-0.1, -0.05) is 20.3 Å². The molecule has 114 valence electrons. The average Bonchev–Trinajstić information content (AvgIpc) is 2.84. The van der Waals surface area contributed by atoms with Gasteiger partial charge in [0.25, 0.3) is 0 Å². The van der Waals surface area contributed by atoms with Gasteiger partial charge in [-0.05, 0) is 18.1 Å². The summed E-state index contributed by atoms with van der Waals surface area (Å²) in [7, 11) is 0. The molecular weight excluding hydrogens is 282 g/mol. The van der Waals surface area contributed by atoms with Crippen molar-refractivity contribution in [1.82, 2.24) is 10.6 Å². The zero-order valence-electron chi connectivity index (χ0n) is 11.6. The van der Waals surface area contributed by atoms with Crippen molar-refractivity contribution in [2.24, 2.45) is 11.7 Å². The summed E-state index contributed by atoms with van der Waals surface area (Å²) in [6, 6.07) is -1.62. The molecule has 1 saturated heterocycles. The molecule has 0 saturated carbocycles. The Bertz CT molecular complexity index is 396. The number of urea groups is 1. The van der Waals surface area contributed by atoms with Crippen LogP contribution in [0.4, 0.5) is 4.79 Å². The molecular formula is C12H21N3O4S. The van der Waals surface area contributed by atoms with Crippen molar-refractivity contribution in [3.63, 3.8) is 0 Å². The smallest absolute Gasteiger partial charge is 0.330 e. The van der Waals surface area contributed by atoms with Crippen LogP contribution in [0.25, 0.3) is 0 Å². The van der Waals surface area contributed by atoms with Crippen LogP contribution in [0.5, 0.6) is 0 Å². The maximum Gasteiger partial charge on any atom is 0.330 e. The lowest BCUT2D eigenvalue weighted by molar-refractivity contribution is -0.146. The van der Waals surface area contributed by atoms with Crippen LogP contribution in [0.3, 0.4) is 0 Å². The van der Waals surface area contributed by atoms with E-state index < -0.39 is 29.5 Å². The highest BCUT2D eigenvalue weighted by molar-refractivity contribution is 7.99.